The van der Waals surface area contributed by atoms with Crippen LogP contribution in [0.2, 0.25) is 5.02 Å². The van der Waals surface area contributed by atoms with Gasteiger partial charge in [0.2, 0.25) is 0 Å². The van der Waals surface area contributed by atoms with Gasteiger partial charge in [0.15, 0.2) is 0 Å². The number of aryl methyl sites for hydroxylation is 2. The third kappa shape index (κ3) is 4.07. The van der Waals surface area contributed by atoms with Gasteiger partial charge < -0.3 is 4.57 Å². The van der Waals surface area contributed by atoms with E-state index in [9.17, 15) is 9.59 Å². The first-order valence-corrected chi connectivity index (χ1v) is 10.5. The number of para-hydroxylation sites is 1. The summed E-state index contributed by atoms with van der Waals surface area (Å²) in [6.45, 7) is 5.76. The zero-order chi connectivity index (χ0) is 22.8. The van der Waals surface area contributed by atoms with Crippen LogP contribution in [0.5, 0.6) is 0 Å². The van der Waals surface area contributed by atoms with Crippen molar-refractivity contribution >= 4 is 41.0 Å². The van der Waals surface area contributed by atoms with Crippen molar-refractivity contribution in [2.75, 3.05) is 5.01 Å². The summed E-state index contributed by atoms with van der Waals surface area (Å²) in [5.74, 6) is -1.33. The van der Waals surface area contributed by atoms with E-state index in [1.807, 2.05) is 50.2 Å². The zero-order valence-electron chi connectivity index (χ0n) is 17.9. The van der Waals surface area contributed by atoms with Gasteiger partial charge in [-0.1, -0.05) is 29.8 Å². The predicted octanol–water partition coefficient (Wildman–Crippen LogP) is 4.50. The fraction of sp³-hybridized carbons (Fsp3) is 0.167. The summed E-state index contributed by atoms with van der Waals surface area (Å²) in [7, 11) is 0. The fourth-order valence-corrected chi connectivity index (χ4v) is 3.90. The summed E-state index contributed by atoms with van der Waals surface area (Å²) in [4.78, 5) is 25.3. The Bertz CT molecular complexity index is 1230. The van der Waals surface area contributed by atoms with Gasteiger partial charge in [-0.25, -0.2) is 5.43 Å². The SMILES string of the molecule is CC1=NN(c2ccccc2)C(=O)[C@H]1/C=N\NC(=O)c1ccc(-n2c(C)ccc2C)cc1Cl. The Labute approximate surface area is 191 Å². The number of amides is 2. The lowest BCUT2D eigenvalue weighted by atomic mass is 10.1. The maximum Gasteiger partial charge on any atom is 0.272 e. The Morgan fingerprint density at radius 2 is 1.72 bits per heavy atom. The van der Waals surface area contributed by atoms with E-state index in [1.54, 1.807) is 31.2 Å². The molecule has 162 valence electrons. The summed E-state index contributed by atoms with van der Waals surface area (Å²) in [6, 6.07) is 18.4. The van der Waals surface area contributed by atoms with Crippen LogP contribution in [0.15, 0.2) is 70.9 Å². The number of carbonyl (C=O) groups excluding carboxylic acids is 2. The van der Waals surface area contributed by atoms with Gasteiger partial charge in [-0.3, -0.25) is 9.59 Å². The van der Waals surface area contributed by atoms with Gasteiger partial charge in [0.25, 0.3) is 11.8 Å². The summed E-state index contributed by atoms with van der Waals surface area (Å²) in [6.07, 6.45) is 1.39. The molecule has 1 aromatic heterocycles. The topological polar surface area (TPSA) is 79.1 Å². The average molecular weight is 448 g/mol. The summed E-state index contributed by atoms with van der Waals surface area (Å²) in [5.41, 5.74) is 7.04. The van der Waals surface area contributed by atoms with E-state index in [1.165, 1.54) is 11.2 Å². The second kappa shape index (κ2) is 8.80. The molecule has 3 aromatic rings. The largest absolute Gasteiger partial charge is 0.318 e. The number of rotatable bonds is 5. The van der Waals surface area contributed by atoms with Crippen molar-refractivity contribution in [2.45, 2.75) is 20.8 Å². The van der Waals surface area contributed by atoms with Crippen LogP contribution in [-0.4, -0.2) is 28.3 Å². The number of hydrogen-bond donors (Lipinski definition) is 1. The average Bonchev–Trinajstić information content (AvgIpc) is 3.26. The van der Waals surface area contributed by atoms with Gasteiger partial charge >= 0.3 is 0 Å². The molecule has 0 bridgehead atoms. The van der Waals surface area contributed by atoms with Crippen LogP contribution in [-0.2, 0) is 4.79 Å². The van der Waals surface area contributed by atoms with Crippen molar-refractivity contribution in [3.8, 4) is 5.69 Å². The highest BCUT2D eigenvalue weighted by Crippen LogP contribution is 2.24. The first kappa shape index (κ1) is 21.5. The van der Waals surface area contributed by atoms with Crippen molar-refractivity contribution in [1.82, 2.24) is 9.99 Å². The first-order chi connectivity index (χ1) is 15.4. The molecule has 4 rings (SSSR count). The maximum absolute atomic E-state index is 12.7. The van der Waals surface area contributed by atoms with E-state index >= 15 is 0 Å². The quantitative estimate of drug-likeness (QED) is 0.461. The molecule has 32 heavy (non-hydrogen) atoms. The van der Waals surface area contributed by atoms with Gasteiger partial charge in [-0.15, -0.1) is 0 Å². The third-order valence-corrected chi connectivity index (χ3v) is 5.61. The molecule has 0 spiro atoms. The summed E-state index contributed by atoms with van der Waals surface area (Å²) < 4.78 is 2.05. The van der Waals surface area contributed by atoms with Crippen molar-refractivity contribution in [3.05, 3.63) is 82.6 Å². The number of hydrazone groups is 2. The minimum absolute atomic E-state index is 0.230. The van der Waals surface area contributed by atoms with E-state index in [-0.39, 0.29) is 5.91 Å². The van der Waals surface area contributed by atoms with Crippen LogP contribution < -0.4 is 10.4 Å². The smallest absolute Gasteiger partial charge is 0.272 e. The Morgan fingerprint density at radius 3 is 2.38 bits per heavy atom. The van der Waals surface area contributed by atoms with E-state index in [0.29, 0.717) is 22.0 Å². The molecule has 8 heteroatoms. The highest BCUT2D eigenvalue weighted by molar-refractivity contribution is 6.34. The molecule has 1 atom stereocenters. The Morgan fingerprint density at radius 1 is 1.03 bits per heavy atom. The van der Waals surface area contributed by atoms with E-state index in [0.717, 1.165) is 17.1 Å². The van der Waals surface area contributed by atoms with E-state index in [2.05, 4.69) is 20.2 Å². The molecule has 0 saturated heterocycles. The lowest BCUT2D eigenvalue weighted by Gasteiger charge is -2.12. The normalized spacial score (nSPS) is 16.0. The number of nitrogens with one attached hydrogen (secondary N) is 1. The number of carbonyl (C=O) groups is 2. The molecule has 0 fully saturated rings. The molecule has 0 aliphatic carbocycles. The molecule has 2 heterocycles. The number of halogens is 1. The predicted molar refractivity (Wildman–Crippen MR) is 127 cm³/mol. The minimum atomic E-state index is -0.645. The van der Waals surface area contributed by atoms with Gasteiger partial charge in [0.05, 0.1) is 22.0 Å². The van der Waals surface area contributed by atoms with Crippen molar-refractivity contribution in [1.29, 1.82) is 0 Å². The number of benzene rings is 2. The van der Waals surface area contributed by atoms with Gasteiger partial charge in [0, 0.05) is 23.3 Å². The van der Waals surface area contributed by atoms with Gasteiger partial charge in [0.1, 0.15) is 5.92 Å². The standard InChI is InChI=1S/C24H22ClN5O2/c1-15-9-10-16(2)29(15)19-11-12-20(22(25)13-19)23(31)27-26-14-21-17(3)28-30(24(21)32)18-7-5-4-6-8-18/h4-14,21H,1-3H3,(H,27,31)/b26-14-/t21-/m0/s1. The van der Waals surface area contributed by atoms with Crippen LogP contribution in [0.1, 0.15) is 28.7 Å². The third-order valence-electron chi connectivity index (χ3n) is 5.30. The summed E-state index contributed by atoms with van der Waals surface area (Å²) in [5, 5.41) is 9.95. The molecule has 1 aliphatic rings. The highest BCUT2D eigenvalue weighted by atomic mass is 35.5. The molecule has 2 aromatic carbocycles. The molecule has 1 aliphatic heterocycles. The van der Waals surface area contributed by atoms with Crippen molar-refractivity contribution in [3.63, 3.8) is 0 Å². The van der Waals surface area contributed by atoms with Crippen LogP contribution in [0, 0.1) is 19.8 Å². The molecule has 7 nitrogen and oxygen atoms in total. The number of hydrogen-bond acceptors (Lipinski definition) is 4. The van der Waals surface area contributed by atoms with E-state index < -0.39 is 11.8 Å². The molecule has 0 unspecified atom stereocenters. The van der Waals surface area contributed by atoms with Crippen LogP contribution in [0.4, 0.5) is 5.69 Å². The number of nitrogens with zero attached hydrogens (tertiary/aromatic N) is 4. The highest BCUT2D eigenvalue weighted by Gasteiger charge is 2.33. The molecular formula is C24H22ClN5O2. The van der Waals surface area contributed by atoms with Gasteiger partial charge in [-0.2, -0.15) is 15.2 Å². The molecule has 0 radical (unpaired) electrons. The fourth-order valence-electron chi connectivity index (χ4n) is 3.64. The Balaban J connectivity index is 1.45. The second-order valence-corrected chi connectivity index (χ2v) is 7.95. The van der Waals surface area contributed by atoms with Gasteiger partial charge in [-0.05, 0) is 63.2 Å². The van der Waals surface area contributed by atoms with E-state index in [4.69, 9.17) is 11.6 Å². The Hall–Kier alpha value is -3.71. The van der Waals surface area contributed by atoms with Crippen LogP contribution in [0.25, 0.3) is 5.69 Å². The molecule has 0 saturated carbocycles. The van der Waals surface area contributed by atoms with Crippen LogP contribution >= 0.6 is 11.6 Å². The molecule has 1 N–H and O–H groups in total. The Kier molecular flexibility index (Phi) is 5.92. The van der Waals surface area contributed by atoms with Crippen LogP contribution in [0.3, 0.4) is 0 Å². The molecule has 2 amide bonds. The minimum Gasteiger partial charge on any atom is -0.318 e. The number of anilines is 1. The maximum atomic E-state index is 12.7. The summed E-state index contributed by atoms with van der Waals surface area (Å²) >= 11 is 6.38. The van der Waals surface area contributed by atoms with Crippen molar-refractivity contribution < 1.29 is 9.59 Å². The molecular weight excluding hydrogens is 426 g/mol. The van der Waals surface area contributed by atoms with Crippen molar-refractivity contribution in [2.24, 2.45) is 16.1 Å². The lowest BCUT2D eigenvalue weighted by Crippen LogP contribution is -2.29. The monoisotopic (exact) mass is 447 g/mol. The lowest BCUT2D eigenvalue weighted by molar-refractivity contribution is -0.118. The zero-order valence-corrected chi connectivity index (χ0v) is 18.7. The first-order valence-electron chi connectivity index (χ1n) is 10.1. The number of aromatic nitrogens is 1. The second-order valence-electron chi connectivity index (χ2n) is 7.54.